The summed E-state index contributed by atoms with van der Waals surface area (Å²) in [7, 11) is 0. The van der Waals surface area contributed by atoms with Crippen LogP contribution in [0.5, 0.6) is 5.75 Å². The SMILES string of the molecule is CC(Cl)CCCNC(=O)c1ccc2c(c1)CCO2. The summed E-state index contributed by atoms with van der Waals surface area (Å²) in [5.74, 6) is 0.884. The van der Waals surface area contributed by atoms with Gasteiger partial charge in [-0.05, 0) is 43.5 Å². The van der Waals surface area contributed by atoms with Crippen LogP contribution in [0.1, 0.15) is 35.7 Å². The third-order valence-electron chi connectivity index (χ3n) is 3.02. The molecule has 0 fully saturated rings. The Labute approximate surface area is 112 Å². The van der Waals surface area contributed by atoms with Gasteiger partial charge in [0.05, 0.1) is 6.61 Å². The van der Waals surface area contributed by atoms with Crippen molar-refractivity contribution in [3.8, 4) is 5.75 Å². The number of carbonyl (C=O) groups excluding carboxylic acids is 1. The highest BCUT2D eigenvalue weighted by Crippen LogP contribution is 2.25. The van der Waals surface area contributed by atoms with Crippen LogP contribution in [0.3, 0.4) is 0 Å². The molecule has 1 aliphatic rings. The number of fused-ring (bicyclic) bond motifs is 1. The Hall–Kier alpha value is -1.22. The number of hydrogen-bond donors (Lipinski definition) is 1. The highest BCUT2D eigenvalue weighted by Gasteiger charge is 2.14. The van der Waals surface area contributed by atoms with Gasteiger partial charge in [0.2, 0.25) is 0 Å². The third-order valence-corrected chi connectivity index (χ3v) is 3.23. The molecule has 0 saturated carbocycles. The van der Waals surface area contributed by atoms with E-state index < -0.39 is 0 Å². The molecule has 4 heteroatoms. The van der Waals surface area contributed by atoms with Crippen molar-refractivity contribution in [1.82, 2.24) is 5.32 Å². The summed E-state index contributed by atoms with van der Waals surface area (Å²) >= 11 is 5.85. The summed E-state index contributed by atoms with van der Waals surface area (Å²) in [6, 6.07) is 5.60. The molecule has 1 aromatic carbocycles. The number of hydrogen-bond acceptors (Lipinski definition) is 2. The molecule has 3 nitrogen and oxygen atoms in total. The second-order valence-corrected chi connectivity index (χ2v) is 5.34. The minimum atomic E-state index is -0.0214. The van der Waals surface area contributed by atoms with Crippen molar-refractivity contribution in [2.24, 2.45) is 0 Å². The molecule has 1 aromatic rings. The standard InChI is InChI=1S/C14H18ClNO2/c1-10(15)3-2-7-16-14(17)12-4-5-13-11(9-12)6-8-18-13/h4-5,9-10H,2-3,6-8H2,1H3,(H,16,17). The van der Waals surface area contributed by atoms with Gasteiger partial charge >= 0.3 is 0 Å². The Morgan fingerprint density at radius 3 is 3.17 bits per heavy atom. The van der Waals surface area contributed by atoms with E-state index in [2.05, 4.69) is 5.32 Å². The summed E-state index contributed by atoms with van der Waals surface area (Å²) in [6.07, 6.45) is 2.71. The maximum absolute atomic E-state index is 11.9. The highest BCUT2D eigenvalue weighted by atomic mass is 35.5. The topological polar surface area (TPSA) is 38.3 Å². The minimum absolute atomic E-state index is 0.0214. The van der Waals surface area contributed by atoms with Gasteiger partial charge in [-0.2, -0.15) is 0 Å². The molecular weight excluding hydrogens is 250 g/mol. The zero-order valence-electron chi connectivity index (χ0n) is 10.5. The molecule has 0 spiro atoms. The van der Waals surface area contributed by atoms with E-state index in [9.17, 15) is 4.79 Å². The van der Waals surface area contributed by atoms with Gasteiger partial charge in [-0.15, -0.1) is 11.6 Å². The Morgan fingerprint density at radius 1 is 1.56 bits per heavy atom. The van der Waals surface area contributed by atoms with Gasteiger partial charge in [0.15, 0.2) is 0 Å². The molecular formula is C14H18ClNO2. The summed E-state index contributed by atoms with van der Waals surface area (Å²) in [5, 5.41) is 3.07. The van der Waals surface area contributed by atoms with Crippen LogP contribution in [0.25, 0.3) is 0 Å². The first-order valence-electron chi connectivity index (χ1n) is 6.35. The Balaban J connectivity index is 1.85. The zero-order chi connectivity index (χ0) is 13.0. The van der Waals surface area contributed by atoms with Crippen LogP contribution in [0, 0.1) is 0 Å². The molecule has 1 atom stereocenters. The van der Waals surface area contributed by atoms with Gasteiger partial charge in [0.1, 0.15) is 5.75 Å². The van der Waals surface area contributed by atoms with Crippen molar-refractivity contribution >= 4 is 17.5 Å². The van der Waals surface area contributed by atoms with Crippen molar-refractivity contribution in [1.29, 1.82) is 0 Å². The van der Waals surface area contributed by atoms with E-state index in [-0.39, 0.29) is 11.3 Å². The van der Waals surface area contributed by atoms with Crippen LogP contribution in [0.2, 0.25) is 0 Å². The number of amides is 1. The first kappa shape index (κ1) is 13.2. The smallest absolute Gasteiger partial charge is 0.251 e. The monoisotopic (exact) mass is 267 g/mol. The summed E-state index contributed by atoms with van der Waals surface area (Å²) < 4.78 is 5.41. The predicted octanol–water partition coefficient (Wildman–Crippen LogP) is 2.76. The molecule has 18 heavy (non-hydrogen) atoms. The Bertz CT molecular complexity index is 432. The van der Waals surface area contributed by atoms with Crippen LogP contribution >= 0.6 is 11.6 Å². The van der Waals surface area contributed by atoms with E-state index in [0.717, 1.165) is 30.6 Å². The van der Waals surface area contributed by atoms with Crippen molar-refractivity contribution in [2.75, 3.05) is 13.2 Å². The zero-order valence-corrected chi connectivity index (χ0v) is 11.3. The normalized spacial score (nSPS) is 14.8. The van der Waals surface area contributed by atoms with Gasteiger partial charge in [-0.1, -0.05) is 0 Å². The van der Waals surface area contributed by atoms with Gasteiger partial charge < -0.3 is 10.1 Å². The molecule has 1 aliphatic heterocycles. The van der Waals surface area contributed by atoms with E-state index in [0.29, 0.717) is 18.7 Å². The second kappa shape index (κ2) is 6.10. The number of alkyl halides is 1. The van der Waals surface area contributed by atoms with Gasteiger partial charge in [0, 0.05) is 23.9 Å². The fourth-order valence-electron chi connectivity index (χ4n) is 2.02. The molecule has 1 unspecified atom stereocenters. The van der Waals surface area contributed by atoms with E-state index >= 15 is 0 Å². The van der Waals surface area contributed by atoms with Crippen LogP contribution in [0.15, 0.2) is 18.2 Å². The lowest BCUT2D eigenvalue weighted by atomic mass is 10.1. The third kappa shape index (κ3) is 3.39. The Morgan fingerprint density at radius 2 is 2.39 bits per heavy atom. The van der Waals surface area contributed by atoms with Crippen molar-refractivity contribution in [3.05, 3.63) is 29.3 Å². The van der Waals surface area contributed by atoms with E-state index in [1.54, 1.807) is 0 Å². The first-order chi connectivity index (χ1) is 8.66. The van der Waals surface area contributed by atoms with Crippen molar-refractivity contribution in [2.45, 2.75) is 31.6 Å². The average Bonchev–Trinajstić information content (AvgIpc) is 2.81. The largest absolute Gasteiger partial charge is 0.493 e. The lowest BCUT2D eigenvalue weighted by molar-refractivity contribution is 0.0953. The molecule has 1 N–H and O–H groups in total. The van der Waals surface area contributed by atoms with Crippen LogP contribution in [-0.2, 0) is 6.42 Å². The van der Waals surface area contributed by atoms with E-state index in [1.807, 2.05) is 25.1 Å². The number of halogens is 1. The fourth-order valence-corrected chi connectivity index (χ4v) is 2.17. The molecule has 98 valence electrons. The molecule has 1 amide bonds. The molecule has 0 radical (unpaired) electrons. The van der Waals surface area contributed by atoms with Crippen molar-refractivity contribution < 1.29 is 9.53 Å². The lowest BCUT2D eigenvalue weighted by Crippen LogP contribution is -2.24. The maximum atomic E-state index is 11.9. The van der Waals surface area contributed by atoms with Crippen LogP contribution in [0.4, 0.5) is 0 Å². The van der Waals surface area contributed by atoms with Crippen molar-refractivity contribution in [3.63, 3.8) is 0 Å². The summed E-state index contributed by atoms with van der Waals surface area (Å²) in [4.78, 5) is 11.9. The van der Waals surface area contributed by atoms with E-state index in [4.69, 9.17) is 16.3 Å². The maximum Gasteiger partial charge on any atom is 0.251 e. The highest BCUT2D eigenvalue weighted by molar-refractivity contribution is 6.20. The molecule has 1 heterocycles. The van der Waals surface area contributed by atoms with Gasteiger partial charge in [-0.25, -0.2) is 0 Å². The molecule has 0 aromatic heterocycles. The number of rotatable bonds is 5. The first-order valence-corrected chi connectivity index (χ1v) is 6.78. The second-order valence-electron chi connectivity index (χ2n) is 4.60. The molecule has 0 aliphatic carbocycles. The predicted molar refractivity (Wildman–Crippen MR) is 72.5 cm³/mol. The Kier molecular flexibility index (Phi) is 4.48. The molecule has 2 rings (SSSR count). The minimum Gasteiger partial charge on any atom is -0.493 e. The molecule has 0 bridgehead atoms. The van der Waals surface area contributed by atoms with Crippen LogP contribution in [-0.4, -0.2) is 24.4 Å². The van der Waals surface area contributed by atoms with Gasteiger partial charge in [0.25, 0.3) is 5.91 Å². The number of nitrogens with one attached hydrogen (secondary N) is 1. The fraction of sp³-hybridized carbons (Fsp3) is 0.500. The summed E-state index contributed by atoms with van der Waals surface area (Å²) in [5.41, 5.74) is 1.83. The van der Waals surface area contributed by atoms with Gasteiger partial charge in [-0.3, -0.25) is 4.79 Å². The average molecular weight is 268 g/mol. The quantitative estimate of drug-likeness (QED) is 0.658. The summed E-state index contributed by atoms with van der Waals surface area (Å²) in [6.45, 7) is 3.35. The number of benzene rings is 1. The van der Waals surface area contributed by atoms with E-state index in [1.165, 1.54) is 0 Å². The number of carbonyl (C=O) groups is 1. The lowest BCUT2D eigenvalue weighted by Gasteiger charge is -2.07. The van der Waals surface area contributed by atoms with Crippen LogP contribution < -0.4 is 10.1 Å². The molecule has 0 saturated heterocycles. The number of ether oxygens (including phenoxy) is 1.